The Morgan fingerprint density at radius 2 is 1.65 bits per heavy atom. The highest BCUT2D eigenvalue weighted by molar-refractivity contribution is 5.31. The van der Waals surface area contributed by atoms with Crippen molar-refractivity contribution in [2.45, 2.75) is 46.1 Å². The maximum absolute atomic E-state index is 5.68. The molecule has 0 saturated heterocycles. The predicted molar refractivity (Wildman–Crippen MR) is 84.6 cm³/mol. The predicted octanol–water partition coefficient (Wildman–Crippen LogP) is 3.88. The highest BCUT2D eigenvalue weighted by atomic mass is 16.5. The van der Waals surface area contributed by atoms with Gasteiger partial charge in [-0.05, 0) is 43.5 Å². The molecule has 0 fully saturated rings. The third kappa shape index (κ3) is 7.39. The summed E-state index contributed by atoms with van der Waals surface area (Å²) in [5.41, 5.74) is 0. The normalized spacial score (nSPS) is 12.4. The van der Waals surface area contributed by atoms with Crippen molar-refractivity contribution in [1.29, 1.82) is 0 Å². The van der Waals surface area contributed by atoms with Gasteiger partial charge in [-0.15, -0.1) is 0 Å². The molecule has 0 aliphatic rings. The summed E-state index contributed by atoms with van der Waals surface area (Å²) in [4.78, 5) is 0. The van der Waals surface area contributed by atoms with Gasteiger partial charge in [-0.25, -0.2) is 0 Å². The number of ether oxygens (including phenoxy) is 2. The zero-order valence-corrected chi connectivity index (χ0v) is 13.3. The minimum absolute atomic E-state index is 0.563. The van der Waals surface area contributed by atoms with Gasteiger partial charge in [0.05, 0.1) is 7.11 Å². The van der Waals surface area contributed by atoms with Gasteiger partial charge in [0.15, 0.2) is 0 Å². The smallest absolute Gasteiger partial charge is 0.119 e. The molecular weight excluding hydrogens is 250 g/mol. The first kappa shape index (κ1) is 16.8. The summed E-state index contributed by atoms with van der Waals surface area (Å²) in [6.07, 6.45) is 3.85. The van der Waals surface area contributed by atoms with Crippen molar-refractivity contribution >= 4 is 0 Å². The van der Waals surface area contributed by atoms with Crippen LogP contribution in [0.4, 0.5) is 0 Å². The van der Waals surface area contributed by atoms with Crippen LogP contribution in [0.2, 0.25) is 0 Å². The van der Waals surface area contributed by atoms with Gasteiger partial charge in [-0.2, -0.15) is 0 Å². The van der Waals surface area contributed by atoms with E-state index in [2.05, 4.69) is 26.1 Å². The van der Waals surface area contributed by atoms with E-state index >= 15 is 0 Å². The molecule has 1 N–H and O–H groups in total. The average molecular weight is 279 g/mol. The van der Waals surface area contributed by atoms with Crippen LogP contribution in [-0.2, 0) is 0 Å². The molecule has 1 unspecified atom stereocenters. The van der Waals surface area contributed by atoms with Crippen LogP contribution >= 0.6 is 0 Å². The van der Waals surface area contributed by atoms with Crippen molar-refractivity contribution < 1.29 is 9.47 Å². The summed E-state index contributed by atoms with van der Waals surface area (Å²) in [6.45, 7) is 8.38. The van der Waals surface area contributed by atoms with Gasteiger partial charge in [0, 0.05) is 12.6 Å². The second-order valence-corrected chi connectivity index (χ2v) is 5.70. The van der Waals surface area contributed by atoms with E-state index in [1.807, 2.05) is 24.3 Å². The molecule has 0 aromatic heterocycles. The molecule has 1 aromatic carbocycles. The van der Waals surface area contributed by atoms with E-state index in [1.165, 1.54) is 19.3 Å². The molecule has 1 rings (SSSR count). The Morgan fingerprint density at radius 3 is 2.25 bits per heavy atom. The molecule has 114 valence electrons. The van der Waals surface area contributed by atoms with Crippen molar-refractivity contribution in [1.82, 2.24) is 5.32 Å². The lowest BCUT2D eigenvalue weighted by molar-refractivity contribution is 0.303. The van der Waals surface area contributed by atoms with Crippen LogP contribution in [0, 0.1) is 5.92 Å². The Kier molecular flexibility index (Phi) is 8.12. The lowest BCUT2D eigenvalue weighted by atomic mass is 10.0. The highest BCUT2D eigenvalue weighted by Gasteiger charge is 2.02. The van der Waals surface area contributed by atoms with Crippen molar-refractivity contribution in [2.24, 2.45) is 5.92 Å². The summed E-state index contributed by atoms with van der Waals surface area (Å²) in [6, 6.07) is 8.26. The third-order valence-corrected chi connectivity index (χ3v) is 3.34. The summed E-state index contributed by atoms with van der Waals surface area (Å²) >= 11 is 0. The summed E-state index contributed by atoms with van der Waals surface area (Å²) in [7, 11) is 1.67. The number of hydrogen-bond acceptors (Lipinski definition) is 3. The van der Waals surface area contributed by atoms with Crippen LogP contribution in [0.3, 0.4) is 0 Å². The van der Waals surface area contributed by atoms with Crippen LogP contribution in [0.5, 0.6) is 11.5 Å². The van der Waals surface area contributed by atoms with Crippen molar-refractivity contribution in [2.75, 3.05) is 20.3 Å². The van der Waals surface area contributed by atoms with E-state index in [1.54, 1.807) is 7.11 Å². The molecule has 0 bridgehead atoms. The molecule has 3 heteroatoms. The van der Waals surface area contributed by atoms with Crippen LogP contribution in [-0.4, -0.2) is 26.3 Å². The summed E-state index contributed by atoms with van der Waals surface area (Å²) in [5, 5.41) is 3.50. The monoisotopic (exact) mass is 279 g/mol. The fourth-order valence-corrected chi connectivity index (χ4v) is 2.08. The van der Waals surface area contributed by atoms with Gasteiger partial charge in [0.25, 0.3) is 0 Å². The topological polar surface area (TPSA) is 30.5 Å². The van der Waals surface area contributed by atoms with Crippen LogP contribution in [0.15, 0.2) is 24.3 Å². The first-order chi connectivity index (χ1) is 9.61. The van der Waals surface area contributed by atoms with E-state index in [4.69, 9.17) is 9.47 Å². The number of hydrogen-bond donors (Lipinski definition) is 1. The summed E-state index contributed by atoms with van der Waals surface area (Å²) in [5.74, 6) is 2.55. The van der Waals surface area contributed by atoms with Crippen LogP contribution in [0.1, 0.15) is 40.0 Å². The molecule has 1 atom stereocenters. The van der Waals surface area contributed by atoms with Crippen LogP contribution in [0.25, 0.3) is 0 Å². The second-order valence-electron chi connectivity index (χ2n) is 5.70. The first-order valence-corrected chi connectivity index (χ1v) is 7.62. The fraction of sp³-hybridized carbons (Fsp3) is 0.647. The molecule has 0 aliphatic carbocycles. The minimum atomic E-state index is 0.563. The Balaban J connectivity index is 2.08. The van der Waals surface area contributed by atoms with Gasteiger partial charge in [0.1, 0.15) is 18.1 Å². The van der Waals surface area contributed by atoms with Crippen molar-refractivity contribution in [3.8, 4) is 11.5 Å². The Bertz CT molecular complexity index is 349. The molecule has 0 heterocycles. The molecular formula is C17H29NO2. The zero-order chi connectivity index (χ0) is 14.8. The quantitative estimate of drug-likeness (QED) is 0.659. The van der Waals surface area contributed by atoms with E-state index in [0.29, 0.717) is 12.6 Å². The molecule has 3 nitrogen and oxygen atoms in total. The van der Waals surface area contributed by atoms with Gasteiger partial charge in [0.2, 0.25) is 0 Å². The second kappa shape index (κ2) is 9.65. The van der Waals surface area contributed by atoms with E-state index in [0.717, 1.165) is 24.0 Å². The maximum Gasteiger partial charge on any atom is 0.119 e. The molecule has 0 saturated carbocycles. The number of rotatable bonds is 10. The molecule has 0 amide bonds. The first-order valence-electron chi connectivity index (χ1n) is 7.62. The highest BCUT2D eigenvalue weighted by Crippen LogP contribution is 2.16. The lowest BCUT2D eigenvalue weighted by Gasteiger charge is -2.15. The number of methoxy groups -OCH3 is 1. The fourth-order valence-electron chi connectivity index (χ4n) is 2.08. The minimum Gasteiger partial charge on any atom is -0.497 e. The molecule has 1 aromatic rings. The van der Waals surface area contributed by atoms with Crippen LogP contribution < -0.4 is 14.8 Å². The average Bonchev–Trinajstić information content (AvgIpc) is 2.44. The molecule has 20 heavy (non-hydrogen) atoms. The van der Waals surface area contributed by atoms with Gasteiger partial charge in [-0.1, -0.05) is 26.7 Å². The van der Waals surface area contributed by atoms with Gasteiger partial charge >= 0.3 is 0 Å². The lowest BCUT2D eigenvalue weighted by Crippen LogP contribution is -2.30. The van der Waals surface area contributed by atoms with Crippen molar-refractivity contribution in [3.05, 3.63) is 24.3 Å². The number of benzene rings is 1. The standard InChI is InChI=1S/C17H29NO2/c1-14(2)6-5-7-15(3)18-12-13-20-17-10-8-16(19-4)9-11-17/h8-11,14-15,18H,5-7,12-13H2,1-4H3. The van der Waals surface area contributed by atoms with Crippen molar-refractivity contribution in [3.63, 3.8) is 0 Å². The molecule has 0 spiro atoms. The van der Waals surface area contributed by atoms with E-state index < -0.39 is 0 Å². The van der Waals surface area contributed by atoms with E-state index in [9.17, 15) is 0 Å². The Hall–Kier alpha value is -1.22. The summed E-state index contributed by atoms with van der Waals surface area (Å²) < 4.78 is 10.8. The SMILES string of the molecule is COc1ccc(OCCNC(C)CCCC(C)C)cc1. The zero-order valence-electron chi connectivity index (χ0n) is 13.3. The van der Waals surface area contributed by atoms with Gasteiger partial charge < -0.3 is 14.8 Å². The Labute approximate surface area is 123 Å². The third-order valence-electron chi connectivity index (χ3n) is 3.34. The Morgan fingerprint density at radius 1 is 1.00 bits per heavy atom. The maximum atomic E-state index is 5.68. The van der Waals surface area contributed by atoms with E-state index in [-0.39, 0.29) is 0 Å². The largest absolute Gasteiger partial charge is 0.497 e. The van der Waals surface area contributed by atoms with Gasteiger partial charge in [-0.3, -0.25) is 0 Å². The number of nitrogens with one attached hydrogen (secondary N) is 1. The molecule has 0 aliphatic heterocycles. The molecule has 0 radical (unpaired) electrons.